The average Bonchev–Trinajstić information content (AvgIpc) is 3.44. The fourth-order valence-electron chi connectivity index (χ4n) is 4.28. The number of aromatic amines is 1. The smallest absolute Gasteiger partial charge is 0.244 e. The molecular weight excluding hydrogens is 402 g/mol. The first-order valence-electron chi connectivity index (χ1n) is 11.3. The number of carbonyl (C=O) groups is 2. The van der Waals surface area contributed by atoms with Crippen LogP contribution in [0.3, 0.4) is 0 Å². The Bertz CT molecular complexity index is 1100. The summed E-state index contributed by atoms with van der Waals surface area (Å²) in [4.78, 5) is 30.9. The molecule has 6 nitrogen and oxygen atoms in total. The fraction of sp³-hybridized carbons (Fsp3) is 0.385. The van der Waals surface area contributed by atoms with Gasteiger partial charge in [-0.05, 0) is 61.9 Å². The van der Waals surface area contributed by atoms with Crippen LogP contribution in [0.5, 0.6) is 0 Å². The molecule has 0 bridgehead atoms. The van der Waals surface area contributed by atoms with Gasteiger partial charge < -0.3 is 19.9 Å². The lowest BCUT2D eigenvalue weighted by atomic mass is 10.1. The number of hydrogen-bond acceptors (Lipinski definition) is 3. The van der Waals surface area contributed by atoms with Gasteiger partial charge in [-0.25, -0.2) is 0 Å². The van der Waals surface area contributed by atoms with Crippen molar-refractivity contribution in [3.8, 4) is 0 Å². The number of fused-ring (bicyclic) bond motifs is 1. The van der Waals surface area contributed by atoms with E-state index in [4.69, 9.17) is 4.74 Å². The number of benzene rings is 2. The number of para-hydroxylation sites is 1. The molecule has 32 heavy (non-hydrogen) atoms. The summed E-state index contributed by atoms with van der Waals surface area (Å²) in [6, 6.07) is 13.9. The van der Waals surface area contributed by atoms with Gasteiger partial charge in [0.2, 0.25) is 11.8 Å². The van der Waals surface area contributed by atoms with Crippen LogP contribution in [0, 0.1) is 13.8 Å². The Kier molecular flexibility index (Phi) is 6.90. The molecule has 3 aromatic rings. The summed E-state index contributed by atoms with van der Waals surface area (Å²) in [6.07, 6.45) is 4.87. The lowest BCUT2D eigenvalue weighted by molar-refractivity contribution is -0.136. The maximum atomic E-state index is 13.2. The Balaban J connectivity index is 1.42. The molecule has 0 aliphatic carbocycles. The van der Waals surface area contributed by atoms with Crippen molar-refractivity contribution >= 4 is 28.4 Å². The fourth-order valence-corrected chi connectivity index (χ4v) is 4.28. The molecule has 1 fully saturated rings. The largest absolute Gasteiger partial charge is 0.376 e. The van der Waals surface area contributed by atoms with E-state index in [1.165, 1.54) is 0 Å². The number of nitrogens with zero attached hydrogens (tertiary/aromatic N) is 1. The molecule has 0 unspecified atom stereocenters. The van der Waals surface area contributed by atoms with Gasteiger partial charge in [-0.15, -0.1) is 0 Å². The van der Waals surface area contributed by atoms with Gasteiger partial charge in [-0.1, -0.05) is 30.3 Å². The quantitative estimate of drug-likeness (QED) is 0.554. The highest BCUT2D eigenvalue weighted by Gasteiger charge is 2.24. The number of carbonyl (C=O) groups excluding carboxylic acids is 2. The third-order valence-corrected chi connectivity index (χ3v) is 6.30. The van der Waals surface area contributed by atoms with E-state index in [0.29, 0.717) is 19.4 Å². The lowest BCUT2D eigenvalue weighted by Gasteiger charge is -2.25. The minimum atomic E-state index is -0.183. The Hall–Kier alpha value is -3.12. The zero-order chi connectivity index (χ0) is 22.5. The molecule has 2 aromatic carbocycles. The molecule has 168 valence electrons. The Morgan fingerprint density at radius 3 is 2.81 bits per heavy atom. The molecule has 1 atom stereocenters. The summed E-state index contributed by atoms with van der Waals surface area (Å²) >= 11 is 0. The summed E-state index contributed by atoms with van der Waals surface area (Å²) < 4.78 is 5.75. The topological polar surface area (TPSA) is 74.4 Å². The Morgan fingerprint density at radius 2 is 2.00 bits per heavy atom. The zero-order valence-corrected chi connectivity index (χ0v) is 18.8. The monoisotopic (exact) mass is 433 g/mol. The van der Waals surface area contributed by atoms with Crippen LogP contribution in [0.4, 0.5) is 5.69 Å². The van der Waals surface area contributed by atoms with Crippen LogP contribution < -0.4 is 5.32 Å². The Morgan fingerprint density at radius 1 is 1.16 bits per heavy atom. The normalized spacial score (nSPS) is 15.8. The van der Waals surface area contributed by atoms with Gasteiger partial charge in [0.15, 0.2) is 0 Å². The molecule has 1 aliphatic heterocycles. The molecule has 2 heterocycles. The van der Waals surface area contributed by atoms with E-state index in [1.54, 1.807) is 4.90 Å². The summed E-state index contributed by atoms with van der Waals surface area (Å²) in [7, 11) is 0. The van der Waals surface area contributed by atoms with Gasteiger partial charge in [-0.3, -0.25) is 9.59 Å². The van der Waals surface area contributed by atoms with E-state index < -0.39 is 0 Å². The van der Waals surface area contributed by atoms with E-state index in [-0.39, 0.29) is 24.5 Å². The van der Waals surface area contributed by atoms with E-state index in [1.807, 2.05) is 56.4 Å². The van der Waals surface area contributed by atoms with Gasteiger partial charge >= 0.3 is 0 Å². The van der Waals surface area contributed by atoms with Crippen LogP contribution in [-0.4, -0.2) is 47.5 Å². The van der Waals surface area contributed by atoms with E-state index in [9.17, 15) is 9.59 Å². The van der Waals surface area contributed by atoms with Crippen molar-refractivity contribution in [2.75, 3.05) is 25.0 Å². The molecule has 2 amide bonds. The van der Waals surface area contributed by atoms with Crippen LogP contribution in [0.15, 0.2) is 48.7 Å². The Labute approximate surface area is 188 Å². The van der Waals surface area contributed by atoms with Gasteiger partial charge in [-0.2, -0.15) is 0 Å². The van der Waals surface area contributed by atoms with Crippen LogP contribution in [0.1, 0.15) is 36.0 Å². The summed E-state index contributed by atoms with van der Waals surface area (Å²) in [5.74, 6) is -0.209. The van der Waals surface area contributed by atoms with E-state index in [0.717, 1.165) is 52.7 Å². The molecule has 1 aromatic heterocycles. The second-order valence-electron chi connectivity index (χ2n) is 8.56. The molecule has 1 aliphatic rings. The third-order valence-electron chi connectivity index (χ3n) is 6.30. The standard InChI is InChI=1S/C26H31N3O3/c1-18-7-5-11-23(19(18)2)28-25(30)17-29(16-21-8-6-14-32-21)26(31)13-12-20-15-27-24-10-4-3-9-22(20)24/h3-5,7,9-11,15,21,27H,6,8,12-14,16-17H2,1-2H3,(H,28,30)/t21-/m1/s1. The molecule has 0 saturated carbocycles. The van der Waals surface area contributed by atoms with Crippen molar-refractivity contribution in [2.45, 2.75) is 45.6 Å². The first-order chi connectivity index (χ1) is 15.5. The first kappa shape index (κ1) is 22.1. The van der Waals surface area contributed by atoms with E-state index >= 15 is 0 Å². The molecule has 4 rings (SSSR count). The third kappa shape index (κ3) is 5.19. The first-order valence-corrected chi connectivity index (χ1v) is 11.3. The van der Waals surface area contributed by atoms with Crippen LogP contribution in [0.25, 0.3) is 10.9 Å². The number of rotatable bonds is 8. The molecule has 0 spiro atoms. The van der Waals surface area contributed by atoms with Gasteiger partial charge in [0.05, 0.1) is 12.6 Å². The summed E-state index contributed by atoms with van der Waals surface area (Å²) in [6.45, 7) is 5.20. The number of aromatic nitrogens is 1. The predicted octanol–water partition coefficient (Wildman–Crippen LogP) is 4.36. The molecule has 6 heteroatoms. The molecule has 1 saturated heterocycles. The SMILES string of the molecule is Cc1cccc(NC(=O)CN(C[C@H]2CCCO2)C(=O)CCc2c[nH]c3ccccc23)c1C. The van der Waals surface area contributed by atoms with Crippen molar-refractivity contribution < 1.29 is 14.3 Å². The lowest BCUT2D eigenvalue weighted by Crippen LogP contribution is -2.42. The minimum Gasteiger partial charge on any atom is -0.376 e. The maximum Gasteiger partial charge on any atom is 0.244 e. The number of amides is 2. The number of H-pyrrole nitrogens is 1. The summed E-state index contributed by atoms with van der Waals surface area (Å²) in [5, 5.41) is 4.11. The number of ether oxygens (including phenoxy) is 1. The molecular formula is C26H31N3O3. The van der Waals surface area contributed by atoms with Crippen molar-refractivity contribution in [3.63, 3.8) is 0 Å². The van der Waals surface area contributed by atoms with Crippen molar-refractivity contribution in [1.29, 1.82) is 0 Å². The molecule has 0 radical (unpaired) electrons. The maximum absolute atomic E-state index is 13.2. The minimum absolute atomic E-state index is 0.000504. The average molecular weight is 434 g/mol. The number of nitrogens with one attached hydrogen (secondary N) is 2. The second kappa shape index (κ2) is 10.0. The number of hydrogen-bond donors (Lipinski definition) is 2. The van der Waals surface area contributed by atoms with Gasteiger partial charge in [0, 0.05) is 42.4 Å². The summed E-state index contributed by atoms with van der Waals surface area (Å²) in [5.41, 5.74) is 5.13. The number of aryl methyl sites for hydroxylation is 2. The van der Waals surface area contributed by atoms with Gasteiger partial charge in [0.25, 0.3) is 0 Å². The van der Waals surface area contributed by atoms with Crippen molar-refractivity contribution in [2.24, 2.45) is 0 Å². The van der Waals surface area contributed by atoms with E-state index in [2.05, 4.69) is 16.4 Å². The molecule has 2 N–H and O–H groups in total. The van der Waals surface area contributed by atoms with Crippen molar-refractivity contribution in [1.82, 2.24) is 9.88 Å². The van der Waals surface area contributed by atoms with Crippen molar-refractivity contribution in [3.05, 3.63) is 65.4 Å². The zero-order valence-electron chi connectivity index (χ0n) is 18.8. The predicted molar refractivity (Wildman–Crippen MR) is 127 cm³/mol. The highest BCUT2D eigenvalue weighted by molar-refractivity contribution is 5.95. The highest BCUT2D eigenvalue weighted by Crippen LogP contribution is 2.21. The van der Waals surface area contributed by atoms with Crippen LogP contribution in [-0.2, 0) is 20.7 Å². The number of anilines is 1. The highest BCUT2D eigenvalue weighted by atomic mass is 16.5. The van der Waals surface area contributed by atoms with Crippen LogP contribution >= 0.6 is 0 Å². The second-order valence-corrected chi connectivity index (χ2v) is 8.56. The van der Waals surface area contributed by atoms with Crippen LogP contribution in [0.2, 0.25) is 0 Å². The van der Waals surface area contributed by atoms with Gasteiger partial charge in [0.1, 0.15) is 0 Å².